The molecule has 0 spiro atoms. The normalized spacial score (nSPS) is 11.9. The summed E-state index contributed by atoms with van der Waals surface area (Å²) in [6, 6.07) is 24.5. The lowest BCUT2D eigenvalue weighted by Crippen LogP contribution is -2.25. The van der Waals surface area contributed by atoms with Crippen molar-refractivity contribution < 1.29 is 9.53 Å². The van der Waals surface area contributed by atoms with Crippen molar-refractivity contribution in [3.05, 3.63) is 101 Å². The van der Waals surface area contributed by atoms with Crippen LogP contribution >= 0.6 is 0 Å². The maximum Gasteiger partial charge on any atom is 0.221 e. The van der Waals surface area contributed by atoms with Crippen molar-refractivity contribution in [2.75, 3.05) is 6.61 Å². The molecule has 3 aromatic carbocycles. The first-order valence-electron chi connectivity index (χ1n) is 11.3. The Hall–Kier alpha value is -3.53. The molecule has 0 bridgehead atoms. The molecule has 0 aliphatic heterocycles. The van der Waals surface area contributed by atoms with Gasteiger partial charge in [0, 0.05) is 36.0 Å². The van der Waals surface area contributed by atoms with Crippen LogP contribution in [0.2, 0.25) is 0 Å². The van der Waals surface area contributed by atoms with Crippen LogP contribution in [0, 0.1) is 0 Å². The highest BCUT2D eigenvalue weighted by Gasteiger charge is 2.22. The Morgan fingerprint density at radius 3 is 2.47 bits per heavy atom. The van der Waals surface area contributed by atoms with Gasteiger partial charge >= 0.3 is 0 Å². The minimum Gasteiger partial charge on any atom is -0.494 e. The van der Waals surface area contributed by atoms with Crippen LogP contribution in [0.15, 0.2) is 79.0 Å². The zero-order valence-electron chi connectivity index (χ0n) is 18.7. The minimum atomic E-state index is -0.0534. The van der Waals surface area contributed by atoms with Crippen molar-refractivity contribution in [1.29, 1.82) is 0 Å². The lowest BCUT2D eigenvalue weighted by atomic mass is 9.87. The third-order valence-electron chi connectivity index (χ3n) is 5.91. The zero-order valence-corrected chi connectivity index (χ0v) is 18.7. The molecule has 0 aliphatic carbocycles. The monoisotopic (exact) mass is 426 g/mol. The number of para-hydroxylation sites is 1. The van der Waals surface area contributed by atoms with Crippen LogP contribution in [0.4, 0.5) is 0 Å². The number of ether oxygens (including phenoxy) is 1. The summed E-state index contributed by atoms with van der Waals surface area (Å²) in [4.78, 5) is 16.4. The van der Waals surface area contributed by atoms with E-state index in [9.17, 15) is 4.79 Å². The van der Waals surface area contributed by atoms with Crippen molar-refractivity contribution in [3.8, 4) is 5.75 Å². The number of hydrogen-bond acceptors (Lipinski definition) is 2. The fraction of sp³-hybridized carbons (Fsp3) is 0.250. The highest BCUT2D eigenvalue weighted by atomic mass is 16.5. The summed E-state index contributed by atoms with van der Waals surface area (Å²) in [5.41, 5.74) is 5.79. The first kappa shape index (κ1) is 21.7. The van der Waals surface area contributed by atoms with E-state index in [2.05, 4.69) is 53.8 Å². The molecule has 2 N–H and O–H groups in total. The number of aryl methyl sites for hydroxylation is 1. The predicted octanol–water partition coefficient (Wildman–Crippen LogP) is 5.97. The number of benzene rings is 3. The topological polar surface area (TPSA) is 54.1 Å². The van der Waals surface area contributed by atoms with Crippen LogP contribution in [-0.2, 0) is 17.8 Å². The summed E-state index contributed by atoms with van der Waals surface area (Å²) in [6.45, 7) is 5.30. The number of H-pyrrole nitrogens is 1. The Labute approximate surface area is 189 Å². The van der Waals surface area contributed by atoms with E-state index < -0.39 is 0 Å². The molecule has 164 valence electrons. The van der Waals surface area contributed by atoms with Crippen molar-refractivity contribution in [2.45, 2.75) is 39.2 Å². The SMILES string of the molecule is CCOc1ccc([C@H](CC(=O)NCc2ccccc2)c2c[nH]c3c(CC)cccc23)cc1. The van der Waals surface area contributed by atoms with Gasteiger partial charge in [0.2, 0.25) is 5.91 Å². The van der Waals surface area contributed by atoms with Gasteiger partial charge in [0.15, 0.2) is 0 Å². The Balaban J connectivity index is 1.63. The number of aromatic amines is 1. The van der Waals surface area contributed by atoms with E-state index >= 15 is 0 Å². The fourth-order valence-corrected chi connectivity index (χ4v) is 4.25. The molecule has 1 aromatic heterocycles. The summed E-state index contributed by atoms with van der Waals surface area (Å²) < 4.78 is 5.62. The third-order valence-corrected chi connectivity index (χ3v) is 5.91. The van der Waals surface area contributed by atoms with E-state index in [0.29, 0.717) is 19.6 Å². The molecule has 4 rings (SSSR count). The van der Waals surface area contributed by atoms with Gasteiger partial charge in [-0.1, -0.05) is 67.6 Å². The first-order chi connectivity index (χ1) is 15.7. The second-order valence-corrected chi connectivity index (χ2v) is 7.96. The predicted molar refractivity (Wildman–Crippen MR) is 130 cm³/mol. The van der Waals surface area contributed by atoms with Crippen LogP contribution < -0.4 is 10.1 Å². The van der Waals surface area contributed by atoms with Crippen molar-refractivity contribution >= 4 is 16.8 Å². The number of nitrogens with one attached hydrogen (secondary N) is 2. The number of aromatic nitrogens is 1. The van der Waals surface area contributed by atoms with E-state index in [4.69, 9.17) is 4.74 Å². The maximum absolute atomic E-state index is 13.0. The molecule has 4 aromatic rings. The molecule has 0 saturated carbocycles. The largest absolute Gasteiger partial charge is 0.494 e. The molecule has 1 heterocycles. The van der Waals surface area contributed by atoms with Gasteiger partial charge in [-0.3, -0.25) is 4.79 Å². The van der Waals surface area contributed by atoms with Gasteiger partial charge in [-0.25, -0.2) is 0 Å². The van der Waals surface area contributed by atoms with E-state index in [-0.39, 0.29) is 11.8 Å². The second-order valence-electron chi connectivity index (χ2n) is 7.96. The number of fused-ring (bicyclic) bond motifs is 1. The Bertz CT molecular complexity index is 1160. The highest BCUT2D eigenvalue weighted by molar-refractivity contribution is 5.88. The van der Waals surface area contributed by atoms with Gasteiger partial charge in [-0.2, -0.15) is 0 Å². The number of hydrogen-bond donors (Lipinski definition) is 2. The zero-order chi connectivity index (χ0) is 22.3. The molecule has 32 heavy (non-hydrogen) atoms. The molecular formula is C28H30N2O2. The van der Waals surface area contributed by atoms with E-state index in [1.54, 1.807) is 0 Å². The van der Waals surface area contributed by atoms with E-state index in [1.165, 1.54) is 10.9 Å². The standard InChI is InChI=1S/C28H30N2O2/c1-3-21-11-8-12-24-26(19-30-28(21)24)25(22-13-15-23(16-14-22)32-4-2)17-27(31)29-18-20-9-6-5-7-10-20/h5-16,19,25,30H,3-4,17-18H2,1-2H3,(H,29,31)/t25-/m0/s1. The van der Waals surface area contributed by atoms with Gasteiger partial charge in [0.05, 0.1) is 6.61 Å². The molecule has 1 amide bonds. The Morgan fingerprint density at radius 2 is 1.75 bits per heavy atom. The summed E-state index contributed by atoms with van der Waals surface area (Å²) >= 11 is 0. The molecule has 4 nitrogen and oxygen atoms in total. The summed E-state index contributed by atoms with van der Waals surface area (Å²) in [5.74, 6) is 0.826. The lowest BCUT2D eigenvalue weighted by Gasteiger charge is -2.18. The number of carbonyl (C=O) groups excluding carboxylic acids is 1. The van der Waals surface area contributed by atoms with Crippen LogP contribution in [-0.4, -0.2) is 17.5 Å². The fourth-order valence-electron chi connectivity index (χ4n) is 4.25. The van der Waals surface area contributed by atoms with Crippen LogP contribution in [0.5, 0.6) is 5.75 Å². The molecule has 0 unspecified atom stereocenters. The number of rotatable bonds is 9. The summed E-state index contributed by atoms with van der Waals surface area (Å²) in [6.07, 6.45) is 3.40. The van der Waals surface area contributed by atoms with Gasteiger partial charge in [-0.15, -0.1) is 0 Å². The molecule has 4 heteroatoms. The molecule has 0 fully saturated rings. The van der Waals surface area contributed by atoms with Gasteiger partial charge in [0.1, 0.15) is 5.75 Å². The van der Waals surface area contributed by atoms with Gasteiger partial charge in [0.25, 0.3) is 0 Å². The number of amides is 1. The number of carbonyl (C=O) groups is 1. The van der Waals surface area contributed by atoms with Crippen LogP contribution in [0.1, 0.15) is 48.4 Å². The average Bonchev–Trinajstić information content (AvgIpc) is 3.27. The van der Waals surface area contributed by atoms with Crippen molar-refractivity contribution in [2.24, 2.45) is 0 Å². The second kappa shape index (κ2) is 10.2. The molecule has 0 saturated heterocycles. The quantitative estimate of drug-likeness (QED) is 0.347. The Kier molecular flexibility index (Phi) is 6.90. The Morgan fingerprint density at radius 1 is 0.969 bits per heavy atom. The smallest absolute Gasteiger partial charge is 0.221 e. The minimum absolute atomic E-state index is 0.0359. The lowest BCUT2D eigenvalue weighted by molar-refractivity contribution is -0.121. The average molecular weight is 427 g/mol. The molecule has 1 atom stereocenters. The van der Waals surface area contributed by atoms with Crippen LogP contribution in [0.3, 0.4) is 0 Å². The molecule has 0 radical (unpaired) electrons. The summed E-state index contributed by atoms with van der Waals surface area (Å²) in [7, 11) is 0. The van der Waals surface area contributed by atoms with E-state index in [1.807, 2.05) is 49.4 Å². The summed E-state index contributed by atoms with van der Waals surface area (Å²) in [5, 5.41) is 4.27. The third kappa shape index (κ3) is 4.86. The van der Waals surface area contributed by atoms with Crippen LogP contribution in [0.25, 0.3) is 10.9 Å². The molecular weight excluding hydrogens is 396 g/mol. The van der Waals surface area contributed by atoms with E-state index in [0.717, 1.165) is 34.4 Å². The van der Waals surface area contributed by atoms with Crippen molar-refractivity contribution in [1.82, 2.24) is 10.3 Å². The van der Waals surface area contributed by atoms with Gasteiger partial charge < -0.3 is 15.0 Å². The van der Waals surface area contributed by atoms with Gasteiger partial charge in [-0.05, 0) is 47.7 Å². The maximum atomic E-state index is 13.0. The highest BCUT2D eigenvalue weighted by Crippen LogP contribution is 2.35. The molecule has 0 aliphatic rings. The van der Waals surface area contributed by atoms with Crippen molar-refractivity contribution in [3.63, 3.8) is 0 Å². The first-order valence-corrected chi connectivity index (χ1v) is 11.3.